The molecule has 1 aliphatic carbocycles. The molecule has 0 aromatic heterocycles. The predicted molar refractivity (Wildman–Crippen MR) is 120 cm³/mol. The summed E-state index contributed by atoms with van der Waals surface area (Å²) in [5, 5.41) is 5.64. The molecular weight excluding hydrogens is 394 g/mol. The summed E-state index contributed by atoms with van der Waals surface area (Å²) in [6, 6.07) is 14.9. The molecule has 7 nitrogen and oxygen atoms in total. The minimum Gasteiger partial charge on any atom is -0.493 e. The van der Waals surface area contributed by atoms with Crippen molar-refractivity contribution in [3.63, 3.8) is 0 Å². The summed E-state index contributed by atoms with van der Waals surface area (Å²) >= 11 is 0. The van der Waals surface area contributed by atoms with E-state index in [9.17, 15) is 9.59 Å². The maximum Gasteiger partial charge on any atom is 0.317 e. The van der Waals surface area contributed by atoms with Crippen molar-refractivity contribution in [2.75, 3.05) is 26.0 Å². The fourth-order valence-corrected chi connectivity index (χ4v) is 3.60. The van der Waals surface area contributed by atoms with Gasteiger partial charge >= 0.3 is 6.03 Å². The maximum absolute atomic E-state index is 12.3. The Morgan fingerprint density at radius 1 is 1.06 bits per heavy atom. The number of methoxy groups -OCH3 is 1. The quantitative estimate of drug-likeness (QED) is 0.631. The van der Waals surface area contributed by atoms with Crippen LogP contribution >= 0.6 is 0 Å². The molecule has 2 N–H and O–H groups in total. The maximum atomic E-state index is 12.3. The standard InChI is InChI=1S/C24H31N3O4/c1-27(17-18-8-4-3-5-9-18)24(29)25-15-14-23(28)26-19-12-13-21(30-2)22(16-19)31-20-10-6-7-11-20/h3-5,8-9,12-13,16,20H,6-7,10-11,14-15,17H2,1-2H3,(H,25,29)(H,26,28). The molecule has 0 spiro atoms. The van der Waals surface area contributed by atoms with Crippen molar-refractivity contribution in [2.45, 2.75) is 44.8 Å². The largest absolute Gasteiger partial charge is 0.493 e. The molecule has 0 aliphatic heterocycles. The Bertz CT molecular complexity index is 866. The number of anilines is 1. The number of carbonyl (C=O) groups is 2. The van der Waals surface area contributed by atoms with Crippen molar-refractivity contribution in [3.05, 3.63) is 54.1 Å². The predicted octanol–water partition coefficient (Wildman–Crippen LogP) is 4.19. The molecular formula is C24H31N3O4. The van der Waals surface area contributed by atoms with Crippen molar-refractivity contribution < 1.29 is 19.1 Å². The Morgan fingerprint density at radius 2 is 1.81 bits per heavy atom. The number of urea groups is 1. The van der Waals surface area contributed by atoms with E-state index in [0.29, 0.717) is 23.7 Å². The highest BCUT2D eigenvalue weighted by atomic mass is 16.5. The second-order valence-electron chi connectivity index (χ2n) is 7.76. The summed E-state index contributed by atoms with van der Waals surface area (Å²) in [4.78, 5) is 26.1. The van der Waals surface area contributed by atoms with Gasteiger partial charge in [0.1, 0.15) is 0 Å². The van der Waals surface area contributed by atoms with Crippen LogP contribution in [-0.2, 0) is 11.3 Å². The number of carbonyl (C=O) groups excluding carboxylic acids is 2. The third-order valence-corrected chi connectivity index (χ3v) is 5.28. The molecule has 166 valence electrons. The number of nitrogens with zero attached hydrogens (tertiary/aromatic N) is 1. The van der Waals surface area contributed by atoms with E-state index in [0.717, 1.165) is 18.4 Å². The fourth-order valence-electron chi connectivity index (χ4n) is 3.60. The van der Waals surface area contributed by atoms with E-state index in [-0.39, 0.29) is 31.0 Å². The highest BCUT2D eigenvalue weighted by Gasteiger charge is 2.19. The topological polar surface area (TPSA) is 79.9 Å². The molecule has 31 heavy (non-hydrogen) atoms. The highest BCUT2D eigenvalue weighted by molar-refractivity contribution is 5.91. The zero-order valence-corrected chi connectivity index (χ0v) is 18.2. The van der Waals surface area contributed by atoms with Crippen molar-refractivity contribution in [1.82, 2.24) is 10.2 Å². The van der Waals surface area contributed by atoms with E-state index < -0.39 is 0 Å². The number of hydrogen-bond donors (Lipinski definition) is 2. The minimum atomic E-state index is -0.214. The fraction of sp³-hybridized carbons (Fsp3) is 0.417. The van der Waals surface area contributed by atoms with Gasteiger partial charge in [0.2, 0.25) is 5.91 Å². The number of benzene rings is 2. The third kappa shape index (κ3) is 6.91. The van der Waals surface area contributed by atoms with Crippen LogP contribution in [0.2, 0.25) is 0 Å². The molecule has 0 unspecified atom stereocenters. The second-order valence-corrected chi connectivity index (χ2v) is 7.76. The number of hydrogen-bond acceptors (Lipinski definition) is 4. The normalized spacial score (nSPS) is 13.5. The van der Waals surface area contributed by atoms with Gasteiger partial charge in [-0.15, -0.1) is 0 Å². The van der Waals surface area contributed by atoms with Gasteiger partial charge in [0.05, 0.1) is 13.2 Å². The minimum absolute atomic E-state index is 0.176. The van der Waals surface area contributed by atoms with E-state index in [1.54, 1.807) is 37.3 Å². The van der Waals surface area contributed by atoms with Crippen LogP contribution in [0.1, 0.15) is 37.7 Å². The molecule has 1 saturated carbocycles. The van der Waals surface area contributed by atoms with Crippen LogP contribution in [0.5, 0.6) is 11.5 Å². The van der Waals surface area contributed by atoms with Gasteiger partial charge in [0.15, 0.2) is 11.5 Å². The van der Waals surface area contributed by atoms with Gasteiger partial charge in [-0.05, 0) is 43.4 Å². The van der Waals surface area contributed by atoms with E-state index in [2.05, 4.69) is 10.6 Å². The molecule has 1 aliphatic rings. The molecule has 7 heteroatoms. The Kier molecular flexibility index (Phi) is 8.15. The average molecular weight is 426 g/mol. The molecule has 2 aromatic rings. The first-order valence-electron chi connectivity index (χ1n) is 10.7. The highest BCUT2D eigenvalue weighted by Crippen LogP contribution is 2.33. The number of rotatable bonds is 9. The molecule has 1 fully saturated rings. The number of amides is 3. The summed E-state index contributed by atoms with van der Waals surface area (Å²) in [6.07, 6.45) is 4.81. The summed E-state index contributed by atoms with van der Waals surface area (Å²) in [5.41, 5.74) is 1.69. The summed E-state index contributed by atoms with van der Waals surface area (Å²) < 4.78 is 11.5. The van der Waals surface area contributed by atoms with Crippen LogP contribution in [-0.4, -0.2) is 43.6 Å². The lowest BCUT2D eigenvalue weighted by atomic mass is 10.2. The zero-order chi connectivity index (χ0) is 22.1. The molecule has 3 amide bonds. The van der Waals surface area contributed by atoms with Crippen molar-refractivity contribution >= 4 is 17.6 Å². The first-order chi connectivity index (χ1) is 15.0. The van der Waals surface area contributed by atoms with Gasteiger partial charge in [0, 0.05) is 38.3 Å². The summed E-state index contributed by atoms with van der Waals surface area (Å²) in [7, 11) is 3.33. The van der Waals surface area contributed by atoms with Gasteiger partial charge in [-0.1, -0.05) is 30.3 Å². The lowest BCUT2D eigenvalue weighted by Gasteiger charge is -2.18. The van der Waals surface area contributed by atoms with Gasteiger partial charge in [-0.2, -0.15) is 0 Å². The van der Waals surface area contributed by atoms with Crippen molar-refractivity contribution in [3.8, 4) is 11.5 Å². The van der Waals surface area contributed by atoms with E-state index >= 15 is 0 Å². The van der Waals surface area contributed by atoms with Gasteiger partial charge in [0.25, 0.3) is 0 Å². The lowest BCUT2D eigenvalue weighted by Crippen LogP contribution is -2.38. The van der Waals surface area contributed by atoms with Crippen LogP contribution < -0.4 is 20.1 Å². The first-order valence-corrected chi connectivity index (χ1v) is 10.7. The molecule has 0 heterocycles. The van der Waals surface area contributed by atoms with Gasteiger partial charge in [-0.3, -0.25) is 4.79 Å². The van der Waals surface area contributed by atoms with Gasteiger partial charge in [-0.25, -0.2) is 4.79 Å². The molecule has 0 bridgehead atoms. The molecule has 0 radical (unpaired) electrons. The lowest BCUT2D eigenvalue weighted by molar-refractivity contribution is -0.116. The van der Waals surface area contributed by atoms with Crippen molar-refractivity contribution in [1.29, 1.82) is 0 Å². The molecule has 0 atom stereocenters. The van der Waals surface area contributed by atoms with Crippen LogP contribution in [0.4, 0.5) is 10.5 Å². The van der Waals surface area contributed by atoms with Crippen LogP contribution in [0, 0.1) is 0 Å². The molecule has 0 saturated heterocycles. The smallest absolute Gasteiger partial charge is 0.317 e. The van der Waals surface area contributed by atoms with E-state index in [4.69, 9.17) is 9.47 Å². The van der Waals surface area contributed by atoms with Crippen LogP contribution in [0.25, 0.3) is 0 Å². The number of ether oxygens (including phenoxy) is 2. The molecule has 3 rings (SSSR count). The first kappa shape index (κ1) is 22.5. The summed E-state index contributed by atoms with van der Waals surface area (Å²) in [6.45, 7) is 0.764. The summed E-state index contributed by atoms with van der Waals surface area (Å²) in [5.74, 6) is 1.12. The van der Waals surface area contributed by atoms with Crippen molar-refractivity contribution in [2.24, 2.45) is 0 Å². The number of nitrogens with one attached hydrogen (secondary N) is 2. The third-order valence-electron chi connectivity index (χ3n) is 5.28. The van der Waals surface area contributed by atoms with Crippen LogP contribution in [0.3, 0.4) is 0 Å². The Labute approximate surface area is 183 Å². The zero-order valence-electron chi connectivity index (χ0n) is 18.2. The molecule has 2 aromatic carbocycles. The van der Waals surface area contributed by atoms with Gasteiger partial charge < -0.3 is 25.0 Å². The van der Waals surface area contributed by atoms with E-state index in [1.165, 1.54) is 12.8 Å². The Balaban J connectivity index is 1.45. The second kappa shape index (κ2) is 11.2. The Morgan fingerprint density at radius 3 is 2.52 bits per heavy atom. The van der Waals surface area contributed by atoms with Crippen LogP contribution in [0.15, 0.2) is 48.5 Å². The van der Waals surface area contributed by atoms with E-state index in [1.807, 2.05) is 30.3 Å². The monoisotopic (exact) mass is 425 g/mol. The SMILES string of the molecule is COc1ccc(NC(=O)CCNC(=O)N(C)Cc2ccccc2)cc1OC1CCCC1. The Hall–Kier alpha value is -3.22. The average Bonchev–Trinajstić information content (AvgIpc) is 3.27.